The van der Waals surface area contributed by atoms with Crippen LogP contribution in [0.1, 0.15) is 55.3 Å². The molecular weight excluding hydrogens is 817 g/mol. The first-order valence-electron chi connectivity index (χ1n) is 17.6. The number of oxazole rings is 1. The van der Waals surface area contributed by atoms with Gasteiger partial charge in [0.15, 0.2) is 6.10 Å². The summed E-state index contributed by atoms with van der Waals surface area (Å²) in [4.78, 5) is 34.2. The number of anilines is 1. The molecule has 15 nitrogen and oxygen atoms in total. The van der Waals surface area contributed by atoms with Crippen molar-refractivity contribution in [1.29, 1.82) is 10.5 Å². The van der Waals surface area contributed by atoms with Crippen LogP contribution in [-0.4, -0.2) is 66.4 Å². The predicted molar refractivity (Wildman–Crippen MR) is 223 cm³/mol. The summed E-state index contributed by atoms with van der Waals surface area (Å²) in [5.74, 6) is -0.287. The Bertz CT molecular complexity index is 1970. The first-order chi connectivity index (χ1) is 26.6. The van der Waals surface area contributed by atoms with Crippen LogP contribution in [0.2, 0.25) is 5.02 Å². The number of ether oxygens (including phenoxy) is 3. The van der Waals surface area contributed by atoms with E-state index in [4.69, 9.17) is 58.9 Å². The van der Waals surface area contributed by atoms with E-state index in [0.717, 1.165) is 12.0 Å². The van der Waals surface area contributed by atoms with Crippen molar-refractivity contribution in [2.45, 2.75) is 67.5 Å². The molecule has 10 N–H and O–H groups in total. The van der Waals surface area contributed by atoms with Crippen LogP contribution in [0.5, 0.6) is 5.75 Å². The summed E-state index contributed by atoms with van der Waals surface area (Å²) < 4.78 is 22.5. The molecule has 0 bridgehead atoms. The lowest BCUT2D eigenvalue weighted by Crippen LogP contribution is -2.40. The molecule has 0 saturated heterocycles. The maximum Gasteiger partial charge on any atom is 0.323 e. The lowest BCUT2D eigenvalue weighted by molar-refractivity contribution is -0.162. The lowest BCUT2D eigenvalue weighted by atomic mass is 9.97. The third-order valence-electron chi connectivity index (χ3n) is 8.23. The number of unbranched alkanes of at least 4 members (excludes halogenated alkanes) is 2. The smallest absolute Gasteiger partial charge is 0.323 e. The molecule has 4 rings (SSSR count). The van der Waals surface area contributed by atoms with Crippen molar-refractivity contribution in [1.82, 2.24) is 9.97 Å². The molecule has 4 aromatic rings. The number of nitrogens with two attached hydrogens (primary N) is 5. The number of nitriles is 2. The summed E-state index contributed by atoms with van der Waals surface area (Å²) >= 11 is 7.21. The Kier molecular flexibility index (Phi) is 21.2. The fourth-order valence-electron chi connectivity index (χ4n) is 5.24. The van der Waals surface area contributed by atoms with Crippen molar-refractivity contribution in [3.8, 4) is 40.5 Å². The van der Waals surface area contributed by atoms with Crippen LogP contribution in [0.25, 0.3) is 22.6 Å². The molecule has 0 radical (unpaired) electrons. The van der Waals surface area contributed by atoms with Gasteiger partial charge in [-0.15, -0.1) is 24.8 Å². The fraction of sp³-hybridized carbons (Fsp3) is 0.368. The zero-order valence-corrected chi connectivity index (χ0v) is 34.1. The number of pyridine rings is 1. The summed E-state index contributed by atoms with van der Waals surface area (Å²) in [6, 6.07) is 16.1. The molecule has 19 heteroatoms. The molecule has 3 atom stereocenters. The molecule has 0 amide bonds. The fourth-order valence-corrected chi connectivity index (χ4v) is 6.24. The second-order valence-corrected chi connectivity index (χ2v) is 13.8. The Morgan fingerprint density at radius 2 is 1.42 bits per heavy atom. The van der Waals surface area contributed by atoms with E-state index >= 15 is 0 Å². The molecule has 2 heterocycles. The lowest BCUT2D eigenvalue weighted by Gasteiger charge is -2.21. The third kappa shape index (κ3) is 14.4. The molecule has 0 aliphatic rings. The van der Waals surface area contributed by atoms with Crippen LogP contribution in [-0.2, 0) is 24.8 Å². The molecule has 0 aliphatic heterocycles. The zero-order chi connectivity index (χ0) is 39.7. The SMILES string of the molecule is Cl.Cl.N#Cc1c(N)nc(SCc2coc(-c3ccc(Cl)cc3)n2)c(C#N)c1-c1ccc(OC[C@@H](COC(=O)[C@@H](N)CCCCN)OC(=O)[C@@H](N)CCCCN)cc1. The van der Waals surface area contributed by atoms with Crippen LogP contribution in [0, 0.1) is 22.7 Å². The number of carbonyl (C=O) groups is 2. The molecule has 306 valence electrons. The summed E-state index contributed by atoms with van der Waals surface area (Å²) in [6.45, 7) is 0.457. The van der Waals surface area contributed by atoms with E-state index < -0.39 is 30.1 Å². The maximum atomic E-state index is 12.8. The number of aromatic nitrogens is 2. The zero-order valence-electron chi connectivity index (χ0n) is 30.9. The monoisotopic (exact) mass is 861 g/mol. The van der Waals surface area contributed by atoms with Crippen molar-refractivity contribution < 1.29 is 28.2 Å². The molecule has 0 saturated carbocycles. The first-order valence-corrected chi connectivity index (χ1v) is 18.9. The standard InChI is InChI=1S/C38H44ClN9O6S.2ClH/c39-25-11-7-24(8-12-25)35-47-26(19-52-35)22-55-36-30(18-43)33(29(17-42)34(46)48-36)23-9-13-27(14-10-23)51-20-28(54-38(50)32(45)6-2-4-16-41)21-53-37(49)31(44)5-1-3-15-40;;/h7-14,19,28,31-32H,1-6,15-16,20-22,40-41,44-45H2,(H2,46,48);2*1H/t28-,31-,32-;;/m0../s1. The van der Waals surface area contributed by atoms with Gasteiger partial charge in [-0.1, -0.05) is 48.3 Å². The Labute approximate surface area is 352 Å². The number of rotatable bonds is 21. The summed E-state index contributed by atoms with van der Waals surface area (Å²) in [5, 5.41) is 21.2. The van der Waals surface area contributed by atoms with Gasteiger partial charge in [-0.2, -0.15) is 10.5 Å². The van der Waals surface area contributed by atoms with Gasteiger partial charge in [0.05, 0.1) is 11.3 Å². The van der Waals surface area contributed by atoms with E-state index in [1.54, 1.807) is 48.5 Å². The minimum atomic E-state index is -1.00. The second kappa shape index (κ2) is 24.9. The Morgan fingerprint density at radius 3 is 2.02 bits per heavy atom. The second-order valence-electron chi connectivity index (χ2n) is 12.4. The number of thioether (sulfide) groups is 1. The first kappa shape index (κ1) is 48.5. The van der Waals surface area contributed by atoms with Crippen molar-refractivity contribution >= 4 is 65.9 Å². The van der Waals surface area contributed by atoms with Gasteiger partial charge >= 0.3 is 11.9 Å². The van der Waals surface area contributed by atoms with Gasteiger partial charge in [0.25, 0.3) is 0 Å². The van der Waals surface area contributed by atoms with Gasteiger partial charge in [-0.05, 0) is 80.7 Å². The van der Waals surface area contributed by atoms with Crippen LogP contribution in [0.3, 0.4) is 0 Å². The van der Waals surface area contributed by atoms with E-state index in [2.05, 4.69) is 22.1 Å². The largest absolute Gasteiger partial charge is 0.490 e. The molecule has 0 aliphatic carbocycles. The van der Waals surface area contributed by atoms with E-state index in [9.17, 15) is 20.1 Å². The molecule has 2 aromatic carbocycles. The number of halogens is 3. The number of nitrogens with zero attached hydrogens (tertiary/aromatic N) is 4. The highest BCUT2D eigenvalue weighted by Gasteiger charge is 2.25. The van der Waals surface area contributed by atoms with Gasteiger partial charge in [0, 0.05) is 21.9 Å². The molecule has 0 unspecified atom stereocenters. The van der Waals surface area contributed by atoms with Gasteiger partial charge in [-0.3, -0.25) is 9.59 Å². The maximum absolute atomic E-state index is 12.8. The number of nitrogen functional groups attached to an aromatic ring is 1. The van der Waals surface area contributed by atoms with Crippen molar-refractivity contribution in [2.24, 2.45) is 22.9 Å². The number of esters is 2. The molecular formula is C38H46Cl3N9O6S. The van der Waals surface area contributed by atoms with E-state index in [1.807, 2.05) is 0 Å². The van der Waals surface area contributed by atoms with E-state index in [-0.39, 0.29) is 55.0 Å². The Hall–Kier alpha value is -4.62. The number of benzene rings is 2. The topological polar surface area (TPSA) is 278 Å². The number of hydrogen-bond donors (Lipinski definition) is 5. The molecule has 0 fully saturated rings. The van der Waals surface area contributed by atoms with Crippen molar-refractivity contribution in [2.75, 3.05) is 32.0 Å². The average Bonchev–Trinajstić information content (AvgIpc) is 3.67. The highest BCUT2D eigenvalue weighted by Crippen LogP contribution is 2.37. The summed E-state index contributed by atoms with van der Waals surface area (Å²) in [7, 11) is 0. The quantitative estimate of drug-likeness (QED) is 0.0405. The minimum absolute atomic E-state index is 0. The molecule has 2 aromatic heterocycles. The summed E-state index contributed by atoms with van der Waals surface area (Å²) in [5.41, 5.74) is 31.7. The predicted octanol–water partition coefficient (Wildman–Crippen LogP) is 5.26. The Morgan fingerprint density at radius 1 is 0.825 bits per heavy atom. The highest BCUT2D eigenvalue weighted by atomic mass is 35.5. The average molecular weight is 863 g/mol. The van der Waals surface area contributed by atoms with Gasteiger partial charge in [0.2, 0.25) is 5.89 Å². The normalized spacial score (nSPS) is 12.1. The molecule has 0 spiro atoms. The summed E-state index contributed by atoms with van der Waals surface area (Å²) in [6.07, 6.45) is 4.01. The van der Waals surface area contributed by atoms with Gasteiger partial charge in [0.1, 0.15) is 65.9 Å². The van der Waals surface area contributed by atoms with Gasteiger partial charge in [-0.25, -0.2) is 9.97 Å². The van der Waals surface area contributed by atoms with E-state index in [1.165, 1.54) is 18.0 Å². The van der Waals surface area contributed by atoms with Crippen LogP contribution < -0.4 is 33.4 Å². The van der Waals surface area contributed by atoms with Crippen LogP contribution in [0.15, 0.2) is 64.2 Å². The number of hydrogen-bond acceptors (Lipinski definition) is 16. The van der Waals surface area contributed by atoms with E-state index in [0.29, 0.717) is 89.5 Å². The van der Waals surface area contributed by atoms with Crippen LogP contribution >= 0.6 is 48.2 Å². The van der Waals surface area contributed by atoms with Crippen molar-refractivity contribution in [3.05, 3.63) is 76.6 Å². The highest BCUT2D eigenvalue weighted by molar-refractivity contribution is 7.98. The number of carbonyl (C=O) groups excluding carboxylic acids is 2. The molecule has 57 heavy (non-hydrogen) atoms. The third-order valence-corrected chi connectivity index (χ3v) is 9.49. The van der Waals surface area contributed by atoms with Crippen LogP contribution in [0.4, 0.5) is 5.82 Å². The van der Waals surface area contributed by atoms with Gasteiger partial charge < -0.3 is 47.3 Å². The minimum Gasteiger partial charge on any atom is -0.490 e. The Balaban J connectivity index is 0.00000561. The van der Waals surface area contributed by atoms with Crippen molar-refractivity contribution in [3.63, 3.8) is 0 Å².